The van der Waals surface area contributed by atoms with Crippen LogP contribution in [0.25, 0.3) is 11.6 Å². The molecule has 6 heteroatoms. The first kappa shape index (κ1) is 19.2. The number of carbonyl (C=O) groups is 1. The van der Waals surface area contributed by atoms with Crippen molar-refractivity contribution in [2.24, 2.45) is 11.5 Å². The van der Waals surface area contributed by atoms with Gasteiger partial charge < -0.3 is 21.5 Å². The van der Waals surface area contributed by atoms with Gasteiger partial charge in [0.05, 0.1) is 6.61 Å². The Morgan fingerprint density at radius 3 is 2.88 bits per heavy atom. The molecule has 2 aromatic rings. The van der Waals surface area contributed by atoms with Crippen LogP contribution >= 0.6 is 0 Å². The smallest absolute Gasteiger partial charge is 0.248 e. The normalized spacial score (nSPS) is 12.8. The zero-order valence-corrected chi connectivity index (χ0v) is 15.0. The summed E-state index contributed by atoms with van der Waals surface area (Å²) in [5.74, 6) is 0.450. The second-order valence-electron chi connectivity index (χ2n) is 5.66. The van der Waals surface area contributed by atoms with E-state index in [1.54, 1.807) is 30.6 Å². The maximum Gasteiger partial charge on any atom is 0.248 e. The largest absolute Gasteiger partial charge is 0.494 e. The summed E-state index contributed by atoms with van der Waals surface area (Å²) < 4.78 is 5.43. The average molecular weight is 352 g/mol. The minimum Gasteiger partial charge on any atom is -0.494 e. The summed E-state index contributed by atoms with van der Waals surface area (Å²) in [6.07, 6.45) is 7.95. The number of hydrogen-bond acceptors (Lipinski definition) is 5. The summed E-state index contributed by atoms with van der Waals surface area (Å²) in [6, 6.07) is 8.83. The Morgan fingerprint density at radius 1 is 1.38 bits per heavy atom. The molecule has 0 aliphatic carbocycles. The van der Waals surface area contributed by atoms with Gasteiger partial charge in [0, 0.05) is 41.8 Å². The van der Waals surface area contributed by atoms with Crippen LogP contribution < -0.4 is 21.5 Å². The highest BCUT2D eigenvalue weighted by molar-refractivity contribution is 6.02. The van der Waals surface area contributed by atoms with Gasteiger partial charge in [-0.25, -0.2) is 0 Å². The fraction of sp³-hybridized carbons (Fsp3) is 0.200. The van der Waals surface area contributed by atoms with E-state index in [2.05, 4.69) is 10.3 Å². The highest BCUT2D eigenvalue weighted by Gasteiger charge is 2.10. The number of aromatic nitrogens is 1. The molecule has 1 atom stereocenters. The van der Waals surface area contributed by atoms with Crippen molar-refractivity contribution in [3.05, 3.63) is 66.1 Å². The van der Waals surface area contributed by atoms with Crippen LogP contribution in [0.1, 0.15) is 25.0 Å². The Kier molecular flexibility index (Phi) is 6.93. The van der Waals surface area contributed by atoms with E-state index in [-0.39, 0.29) is 11.9 Å². The lowest BCUT2D eigenvalue weighted by Gasteiger charge is -2.13. The molecule has 0 saturated heterocycles. The Labute approximate surface area is 153 Å². The van der Waals surface area contributed by atoms with Gasteiger partial charge in [-0.05, 0) is 55.5 Å². The molecule has 0 spiro atoms. The molecule has 0 aliphatic heterocycles. The topological polar surface area (TPSA) is 103 Å². The first-order valence-corrected chi connectivity index (χ1v) is 8.38. The fourth-order valence-electron chi connectivity index (χ4n) is 2.47. The van der Waals surface area contributed by atoms with E-state index < -0.39 is 0 Å². The first-order chi connectivity index (χ1) is 12.5. The van der Waals surface area contributed by atoms with E-state index in [9.17, 15) is 4.79 Å². The predicted octanol–water partition coefficient (Wildman–Crippen LogP) is 2.78. The summed E-state index contributed by atoms with van der Waals surface area (Å²) in [4.78, 5) is 16.3. The molecule has 136 valence electrons. The molecule has 0 radical (unpaired) electrons. The van der Waals surface area contributed by atoms with Crippen LogP contribution in [0.15, 0.2) is 55.0 Å². The molecular weight excluding hydrogens is 328 g/mol. The van der Waals surface area contributed by atoms with Crippen molar-refractivity contribution < 1.29 is 9.53 Å². The zero-order valence-electron chi connectivity index (χ0n) is 15.0. The van der Waals surface area contributed by atoms with Gasteiger partial charge >= 0.3 is 0 Å². The standard InChI is InChI=1S/C20H24N4O2/c1-3-26-17-6-4-5-16(11-17)24-20(25)8-7-15-13-23-10-9-18(15)19(12-21)14(2)22/h4-14H,3,21-22H2,1-2H3,(H,24,25)/b8-7+,19-12+. The highest BCUT2D eigenvalue weighted by atomic mass is 16.5. The van der Waals surface area contributed by atoms with Crippen molar-refractivity contribution in [2.45, 2.75) is 19.9 Å². The molecule has 1 heterocycles. The number of nitrogens with two attached hydrogens (primary N) is 2. The van der Waals surface area contributed by atoms with Gasteiger partial charge in [0.1, 0.15) is 5.75 Å². The summed E-state index contributed by atoms with van der Waals surface area (Å²) >= 11 is 0. The number of benzene rings is 1. The van der Waals surface area contributed by atoms with Crippen LogP contribution in [0.4, 0.5) is 5.69 Å². The van der Waals surface area contributed by atoms with Crippen LogP contribution in [0.3, 0.4) is 0 Å². The van der Waals surface area contributed by atoms with Crippen LogP contribution in [0, 0.1) is 0 Å². The van der Waals surface area contributed by atoms with E-state index in [1.807, 2.05) is 32.0 Å². The lowest BCUT2D eigenvalue weighted by molar-refractivity contribution is -0.111. The van der Waals surface area contributed by atoms with Crippen molar-refractivity contribution >= 4 is 23.2 Å². The third-order valence-corrected chi connectivity index (χ3v) is 3.66. The molecule has 0 aliphatic rings. The van der Waals surface area contributed by atoms with Crippen molar-refractivity contribution in [1.82, 2.24) is 4.98 Å². The fourth-order valence-corrected chi connectivity index (χ4v) is 2.47. The minimum atomic E-state index is -0.257. The third-order valence-electron chi connectivity index (χ3n) is 3.66. The van der Waals surface area contributed by atoms with Crippen molar-refractivity contribution in [3.8, 4) is 5.75 Å². The maximum absolute atomic E-state index is 12.2. The number of rotatable bonds is 7. The third kappa shape index (κ3) is 5.19. The van der Waals surface area contributed by atoms with Gasteiger partial charge in [-0.1, -0.05) is 6.07 Å². The van der Waals surface area contributed by atoms with Crippen molar-refractivity contribution in [3.63, 3.8) is 0 Å². The summed E-state index contributed by atoms with van der Waals surface area (Å²) in [5.41, 5.74) is 14.7. The summed E-state index contributed by atoms with van der Waals surface area (Å²) in [6.45, 7) is 4.33. The Bertz CT molecular complexity index is 813. The zero-order chi connectivity index (χ0) is 18.9. The Balaban J connectivity index is 2.15. The number of nitrogens with one attached hydrogen (secondary N) is 1. The number of nitrogens with zero attached hydrogens (tertiary/aromatic N) is 1. The van der Waals surface area contributed by atoms with E-state index in [0.717, 1.165) is 16.7 Å². The lowest BCUT2D eigenvalue weighted by atomic mass is 9.97. The van der Waals surface area contributed by atoms with Gasteiger partial charge in [-0.3, -0.25) is 9.78 Å². The molecule has 1 aromatic heterocycles. The number of amides is 1. The number of pyridine rings is 1. The predicted molar refractivity (Wildman–Crippen MR) is 105 cm³/mol. The number of hydrogen-bond donors (Lipinski definition) is 3. The minimum absolute atomic E-state index is 0.232. The van der Waals surface area contributed by atoms with E-state index in [0.29, 0.717) is 18.0 Å². The van der Waals surface area contributed by atoms with Gasteiger partial charge in [-0.2, -0.15) is 0 Å². The Hall–Kier alpha value is -3.12. The van der Waals surface area contributed by atoms with Crippen LogP contribution in [0.2, 0.25) is 0 Å². The Morgan fingerprint density at radius 2 is 2.19 bits per heavy atom. The van der Waals surface area contributed by atoms with Gasteiger partial charge in [0.2, 0.25) is 5.91 Å². The molecule has 0 fully saturated rings. The molecule has 2 rings (SSSR count). The lowest BCUT2D eigenvalue weighted by Crippen LogP contribution is -2.18. The molecule has 1 unspecified atom stereocenters. The van der Waals surface area contributed by atoms with E-state index >= 15 is 0 Å². The molecule has 1 amide bonds. The molecule has 5 N–H and O–H groups in total. The molecule has 0 saturated carbocycles. The van der Waals surface area contributed by atoms with Gasteiger partial charge in [0.25, 0.3) is 0 Å². The second-order valence-corrected chi connectivity index (χ2v) is 5.66. The second kappa shape index (κ2) is 9.39. The summed E-state index contributed by atoms with van der Waals surface area (Å²) in [7, 11) is 0. The molecular formula is C20H24N4O2. The number of carbonyl (C=O) groups excluding carboxylic acids is 1. The molecule has 26 heavy (non-hydrogen) atoms. The van der Waals surface area contributed by atoms with Gasteiger partial charge in [0.15, 0.2) is 0 Å². The molecule has 0 bridgehead atoms. The van der Waals surface area contributed by atoms with E-state index in [1.165, 1.54) is 12.3 Å². The van der Waals surface area contributed by atoms with Crippen molar-refractivity contribution in [2.75, 3.05) is 11.9 Å². The molecule has 1 aromatic carbocycles. The SMILES string of the molecule is CCOc1cccc(NC(=O)/C=C/c2cnccc2/C(=C/N)C(C)N)c1. The highest BCUT2D eigenvalue weighted by Crippen LogP contribution is 2.21. The first-order valence-electron chi connectivity index (χ1n) is 8.38. The average Bonchev–Trinajstić information content (AvgIpc) is 2.62. The molecule has 6 nitrogen and oxygen atoms in total. The van der Waals surface area contributed by atoms with Crippen LogP contribution in [-0.2, 0) is 4.79 Å². The monoisotopic (exact) mass is 352 g/mol. The maximum atomic E-state index is 12.2. The van der Waals surface area contributed by atoms with Crippen LogP contribution in [0.5, 0.6) is 5.75 Å². The summed E-state index contributed by atoms with van der Waals surface area (Å²) in [5, 5.41) is 2.81. The van der Waals surface area contributed by atoms with Crippen LogP contribution in [-0.4, -0.2) is 23.5 Å². The quantitative estimate of drug-likeness (QED) is 0.665. The van der Waals surface area contributed by atoms with Gasteiger partial charge in [-0.15, -0.1) is 0 Å². The van der Waals surface area contributed by atoms with Crippen molar-refractivity contribution in [1.29, 1.82) is 0 Å². The number of anilines is 1. The van der Waals surface area contributed by atoms with E-state index in [4.69, 9.17) is 16.2 Å². The number of ether oxygens (including phenoxy) is 1.